The van der Waals surface area contributed by atoms with Gasteiger partial charge < -0.3 is 5.32 Å². The molecule has 1 aliphatic rings. The molecule has 18 heavy (non-hydrogen) atoms. The molecule has 2 atom stereocenters. The van der Waals surface area contributed by atoms with Crippen LogP contribution < -0.4 is 5.32 Å². The molecule has 0 bridgehead atoms. The van der Waals surface area contributed by atoms with Crippen LogP contribution in [0.4, 0.5) is 4.39 Å². The van der Waals surface area contributed by atoms with Gasteiger partial charge in [0.05, 0.1) is 0 Å². The molecule has 1 aromatic rings. The zero-order valence-corrected chi connectivity index (χ0v) is 12.0. The number of hydrogen-bond acceptors (Lipinski definition) is 1. The molecule has 1 fully saturated rings. The Bertz CT molecular complexity index is 425. The van der Waals surface area contributed by atoms with Crippen LogP contribution in [0.1, 0.15) is 45.1 Å². The topological polar surface area (TPSA) is 12.0 Å². The van der Waals surface area contributed by atoms with Crippen molar-refractivity contribution in [2.45, 2.75) is 45.1 Å². The van der Waals surface area contributed by atoms with Crippen molar-refractivity contribution in [3.05, 3.63) is 34.6 Å². The maximum Gasteiger partial charge on any atom is 0.128 e. The molecule has 0 amide bonds. The van der Waals surface area contributed by atoms with E-state index in [-0.39, 0.29) is 11.4 Å². The molecule has 1 N–H and O–H groups in total. The Morgan fingerprint density at radius 2 is 2.06 bits per heavy atom. The Kier molecular flexibility index (Phi) is 3.98. The predicted octanol–water partition coefficient (Wildman–Crippen LogP) is 4.36. The van der Waals surface area contributed by atoms with Gasteiger partial charge in [-0.2, -0.15) is 0 Å². The van der Waals surface area contributed by atoms with Gasteiger partial charge in [-0.25, -0.2) is 4.39 Å². The standard InChI is InChI=1S/C15H21ClFN/c1-15(2,3)18-9-10-4-6-12(10)13-7-5-11(16)8-14(13)17/h5,7-8,10,12,18H,4,6,9H2,1-3H3. The Morgan fingerprint density at radius 1 is 1.33 bits per heavy atom. The summed E-state index contributed by atoms with van der Waals surface area (Å²) in [5, 5.41) is 3.98. The third-order valence-electron chi connectivity index (χ3n) is 3.67. The van der Waals surface area contributed by atoms with Crippen molar-refractivity contribution >= 4 is 11.6 Å². The van der Waals surface area contributed by atoms with E-state index in [2.05, 4.69) is 26.1 Å². The van der Waals surface area contributed by atoms with Gasteiger partial charge in [0.1, 0.15) is 5.82 Å². The molecule has 3 heteroatoms. The molecular weight excluding hydrogens is 249 g/mol. The summed E-state index contributed by atoms with van der Waals surface area (Å²) in [6, 6.07) is 5.04. The molecule has 2 rings (SSSR count). The first kappa shape index (κ1) is 13.8. The lowest BCUT2D eigenvalue weighted by Crippen LogP contribution is -2.43. The molecule has 0 heterocycles. The predicted molar refractivity (Wildman–Crippen MR) is 74.6 cm³/mol. The van der Waals surface area contributed by atoms with Crippen LogP contribution in [-0.2, 0) is 0 Å². The minimum absolute atomic E-state index is 0.124. The second-order valence-electron chi connectivity index (χ2n) is 6.24. The summed E-state index contributed by atoms with van der Waals surface area (Å²) in [7, 11) is 0. The first-order valence-corrected chi connectivity index (χ1v) is 6.94. The van der Waals surface area contributed by atoms with Crippen LogP contribution in [0.2, 0.25) is 5.02 Å². The summed E-state index contributed by atoms with van der Waals surface area (Å²) in [4.78, 5) is 0. The minimum atomic E-state index is -0.159. The van der Waals surface area contributed by atoms with Gasteiger partial charge in [0.25, 0.3) is 0 Å². The smallest absolute Gasteiger partial charge is 0.128 e. The second-order valence-corrected chi connectivity index (χ2v) is 6.68. The highest BCUT2D eigenvalue weighted by Crippen LogP contribution is 2.43. The second kappa shape index (κ2) is 5.18. The van der Waals surface area contributed by atoms with Crippen molar-refractivity contribution in [3.8, 4) is 0 Å². The van der Waals surface area contributed by atoms with Crippen molar-refractivity contribution in [1.82, 2.24) is 5.32 Å². The molecule has 1 aliphatic carbocycles. The Morgan fingerprint density at radius 3 is 2.56 bits per heavy atom. The first-order chi connectivity index (χ1) is 8.37. The van der Waals surface area contributed by atoms with Crippen LogP contribution in [0, 0.1) is 11.7 Å². The van der Waals surface area contributed by atoms with E-state index in [1.165, 1.54) is 12.5 Å². The van der Waals surface area contributed by atoms with Gasteiger partial charge in [0.15, 0.2) is 0 Å². The van der Waals surface area contributed by atoms with Gasteiger partial charge in [0.2, 0.25) is 0 Å². The zero-order chi connectivity index (χ0) is 13.3. The molecule has 100 valence electrons. The highest BCUT2D eigenvalue weighted by Gasteiger charge is 2.34. The molecule has 2 unspecified atom stereocenters. The van der Waals surface area contributed by atoms with Crippen LogP contribution in [0.3, 0.4) is 0 Å². The monoisotopic (exact) mass is 269 g/mol. The summed E-state index contributed by atoms with van der Waals surface area (Å²) in [5.74, 6) is 0.727. The minimum Gasteiger partial charge on any atom is -0.312 e. The highest BCUT2D eigenvalue weighted by atomic mass is 35.5. The quantitative estimate of drug-likeness (QED) is 0.860. The summed E-state index contributed by atoms with van der Waals surface area (Å²) in [5.41, 5.74) is 0.949. The van der Waals surface area contributed by atoms with Crippen LogP contribution >= 0.6 is 11.6 Å². The number of rotatable bonds is 3. The van der Waals surface area contributed by atoms with E-state index >= 15 is 0 Å². The number of nitrogens with one attached hydrogen (secondary N) is 1. The fraction of sp³-hybridized carbons (Fsp3) is 0.600. The molecule has 0 radical (unpaired) electrons. The third kappa shape index (κ3) is 3.24. The lowest BCUT2D eigenvalue weighted by molar-refractivity contribution is 0.221. The Hall–Kier alpha value is -0.600. The molecule has 1 saturated carbocycles. The SMILES string of the molecule is CC(C)(C)NCC1CCC1c1ccc(Cl)cc1F. The van der Waals surface area contributed by atoms with Crippen molar-refractivity contribution in [1.29, 1.82) is 0 Å². The highest BCUT2D eigenvalue weighted by molar-refractivity contribution is 6.30. The van der Waals surface area contributed by atoms with Gasteiger partial charge in [-0.3, -0.25) is 0 Å². The van der Waals surface area contributed by atoms with Crippen LogP contribution in [0.25, 0.3) is 0 Å². The van der Waals surface area contributed by atoms with Crippen molar-refractivity contribution in [3.63, 3.8) is 0 Å². The Balaban J connectivity index is 2.01. The average Bonchev–Trinajstić information content (AvgIpc) is 2.18. The largest absolute Gasteiger partial charge is 0.312 e. The lowest BCUT2D eigenvalue weighted by Gasteiger charge is -2.39. The number of hydrogen-bond donors (Lipinski definition) is 1. The van der Waals surface area contributed by atoms with E-state index < -0.39 is 0 Å². The first-order valence-electron chi connectivity index (χ1n) is 6.57. The van der Waals surface area contributed by atoms with E-state index in [9.17, 15) is 4.39 Å². The molecule has 0 saturated heterocycles. The van der Waals surface area contributed by atoms with E-state index in [0.717, 1.165) is 18.5 Å². The summed E-state index contributed by atoms with van der Waals surface area (Å²) < 4.78 is 13.9. The van der Waals surface area contributed by atoms with E-state index in [1.807, 2.05) is 6.07 Å². The molecule has 0 spiro atoms. The number of benzene rings is 1. The van der Waals surface area contributed by atoms with Crippen LogP contribution in [0.15, 0.2) is 18.2 Å². The van der Waals surface area contributed by atoms with Crippen molar-refractivity contribution in [2.24, 2.45) is 5.92 Å². The fourth-order valence-electron chi connectivity index (χ4n) is 2.46. The zero-order valence-electron chi connectivity index (χ0n) is 11.3. The van der Waals surface area contributed by atoms with Crippen molar-refractivity contribution in [2.75, 3.05) is 6.54 Å². The van der Waals surface area contributed by atoms with Crippen molar-refractivity contribution < 1.29 is 4.39 Å². The third-order valence-corrected chi connectivity index (χ3v) is 3.91. The molecular formula is C15H21ClFN. The summed E-state index contributed by atoms with van der Waals surface area (Å²) in [6.07, 6.45) is 2.25. The average molecular weight is 270 g/mol. The Labute approximate surface area is 114 Å². The van der Waals surface area contributed by atoms with E-state index in [0.29, 0.717) is 16.9 Å². The van der Waals surface area contributed by atoms with E-state index in [1.54, 1.807) is 6.07 Å². The molecule has 0 aromatic heterocycles. The van der Waals surface area contributed by atoms with Gasteiger partial charge in [-0.1, -0.05) is 17.7 Å². The van der Waals surface area contributed by atoms with Gasteiger partial charge in [0, 0.05) is 10.6 Å². The van der Waals surface area contributed by atoms with Crippen LogP contribution in [0.5, 0.6) is 0 Å². The normalized spacial score (nSPS) is 23.8. The van der Waals surface area contributed by atoms with E-state index in [4.69, 9.17) is 11.6 Å². The van der Waals surface area contributed by atoms with Gasteiger partial charge in [-0.15, -0.1) is 0 Å². The molecule has 1 nitrogen and oxygen atoms in total. The van der Waals surface area contributed by atoms with Gasteiger partial charge >= 0.3 is 0 Å². The maximum absolute atomic E-state index is 13.9. The fourth-order valence-corrected chi connectivity index (χ4v) is 2.62. The van der Waals surface area contributed by atoms with Gasteiger partial charge in [-0.05, 0) is 69.7 Å². The lowest BCUT2D eigenvalue weighted by atomic mass is 9.69. The van der Waals surface area contributed by atoms with Crippen LogP contribution in [-0.4, -0.2) is 12.1 Å². The maximum atomic E-state index is 13.9. The molecule has 1 aromatic carbocycles. The summed E-state index contributed by atoms with van der Waals surface area (Å²) >= 11 is 5.79. The molecule has 0 aliphatic heterocycles. The number of halogens is 2. The summed E-state index contributed by atoms with van der Waals surface area (Å²) in [6.45, 7) is 7.42.